The number of benzene rings is 2. The maximum atomic E-state index is 13.1. The van der Waals surface area contributed by atoms with Gasteiger partial charge in [0.25, 0.3) is 5.82 Å². The van der Waals surface area contributed by atoms with Gasteiger partial charge in [-0.05, 0) is 43.2 Å². The van der Waals surface area contributed by atoms with Crippen LogP contribution in [0.3, 0.4) is 0 Å². The molecule has 140 valence electrons. The van der Waals surface area contributed by atoms with Gasteiger partial charge >= 0.3 is 0 Å². The molecule has 1 fully saturated rings. The number of aromatic amines is 1. The molecular weight excluding hydrogens is 358 g/mol. The van der Waals surface area contributed by atoms with Crippen LogP contribution in [0, 0.1) is 13.8 Å². The highest BCUT2D eigenvalue weighted by atomic mass is 32.2. The van der Waals surface area contributed by atoms with Crippen LogP contribution in [-0.4, -0.2) is 38.9 Å². The summed E-state index contributed by atoms with van der Waals surface area (Å²) in [6, 6.07) is 17.9. The maximum Gasteiger partial charge on any atom is 0.274 e. The fourth-order valence-electron chi connectivity index (χ4n) is 3.58. The average molecular weight is 383 g/mol. The Morgan fingerprint density at radius 2 is 1.63 bits per heavy atom. The van der Waals surface area contributed by atoms with E-state index in [-0.39, 0.29) is 0 Å². The normalized spacial score (nSPS) is 16.0. The van der Waals surface area contributed by atoms with Gasteiger partial charge in [0.1, 0.15) is 5.52 Å². The van der Waals surface area contributed by atoms with Crippen molar-refractivity contribution in [2.45, 2.75) is 18.7 Å². The van der Waals surface area contributed by atoms with Gasteiger partial charge < -0.3 is 0 Å². The molecule has 1 aliphatic rings. The minimum atomic E-state index is -3.46. The highest BCUT2D eigenvalue weighted by molar-refractivity contribution is 7.89. The first-order valence-electron chi connectivity index (χ1n) is 9.18. The molecule has 0 spiro atoms. The van der Waals surface area contributed by atoms with Crippen LogP contribution in [0.25, 0.3) is 10.9 Å². The minimum absolute atomic E-state index is 0.424. The Hall–Kier alpha value is -2.44. The molecule has 1 saturated heterocycles. The van der Waals surface area contributed by atoms with E-state index in [4.69, 9.17) is 0 Å². The first-order chi connectivity index (χ1) is 12.9. The van der Waals surface area contributed by atoms with Crippen molar-refractivity contribution in [1.82, 2.24) is 4.31 Å². The largest absolute Gasteiger partial charge is 0.274 e. The summed E-state index contributed by atoms with van der Waals surface area (Å²) in [5.74, 6) is 1.03. The lowest BCUT2D eigenvalue weighted by Crippen LogP contribution is -2.50. The van der Waals surface area contributed by atoms with Crippen molar-refractivity contribution >= 4 is 26.7 Å². The lowest BCUT2D eigenvalue weighted by atomic mass is 10.2. The van der Waals surface area contributed by atoms with E-state index in [1.807, 2.05) is 38.1 Å². The zero-order valence-electron chi connectivity index (χ0n) is 15.6. The second-order valence-corrected chi connectivity index (χ2v) is 9.00. The van der Waals surface area contributed by atoms with Crippen molar-refractivity contribution in [2.75, 3.05) is 31.1 Å². The number of rotatable bonds is 3. The molecule has 0 atom stereocenters. The second kappa shape index (κ2) is 6.94. The van der Waals surface area contributed by atoms with Crippen molar-refractivity contribution < 1.29 is 13.4 Å². The van der Waals surface area contributed by atoms with E-state index >= 15 is 0 Å². The fourth-order valence-corrected chi connectivity index (χ4v) is 5.31. The van der Waals surface area contributed by atoms with Crippen LogP contribution >= 0.6 is 0 Å². The number of sulfonamides is 1. The van der Waals surface area contributed by atoms with Crippen LogP contribution in [0.2, 0.25) is 0 Å². The molecule has 0 bridgehead atoms. The average Bonchev–Trinajstić information content (AvgIpc) is 2.69. The van der Waals surface area contributed by atoms with E-state index in [0.717, 1.165) is 27.8 Å². The maximum absolute atomic E-state index is 13.1. The summed E-state index contributed by atoms with van der Waals surface area (Å²) in [5, 5.41) is 1.16. The topological polar surface area (TPSA) is 54.8 Å². The van der Waals surface area contributed by atoms with Gasteiger partial charge in [0.05, 0.1) is 31.1 Å². The molecule has 5 nitrogen and oxygen atoms in total. The van der Waals surface area contributed by atoms with E-state index in [1.165, 1.54) is 0 Å². The Kier molecular flexibility index (Phi) is 4.61. The van der Waals surface area contributed by atoms with E-state index < -0.39 is 10.0 Å². The number of hydrogen-bond acceptors (Lipinski definition) is 3. The summed E-state index contributed by atoms with van der Waals surface area (Å²) >= 11 is 0. The standard InChI is InChI=1S/C21H23N3O2S/c1-16-7-8-17(2)20(15-16)27(25,26)24-13-11-23(12-14-24)21-10-9-18-5-3-4-6-19(18)22-21/h3-10,15H,11-14H2,1-2H3/p+1. The molecule has 27 heavy (non-hydrogen) atoms. The molecule has 3 aromatic rings. The van der Waals surface area contributed by atoms with Crippen molar-refractivity contribution in [2.24, 2.45) is 0 Å². The molecule has 0 aliphatic carbocycles. The number of piperazine rings is 1. The number of H-pyrrole nitrogens is 1. The summed E-state index contributed by atoms with van der Waals surface area (Å²) in [7, 11) is -3.46. The Labute approximate surface area is 160 Å². The SMILES string of the molecule is Cc1ccc(C)c(S(=O)(=O)N2CCN(c3ccc4ccccc4[nH+]3)CC2)c1. The Morgan fingerprint density at radius 3 is 2.41 bits per heavy atom. The smallest absolute Gasteiger partial charge is 0.259 e. The first kappa shape index (κ1) is 17.9. The van der Waals surface area contributed by atoms with Crippen molar-refractivity contribution in [3.63, 3.8) is 0 Å². The predicted molar refractivity (Wildman–Crippen MR) is 107 cm³/mol. The number of aromatic nitrogens is 1. The third-order valence-corrected chi connectivity index (χ3v) is 7.23. The van der Waals surface area contributed by atoms with E-state index in [9.17, 15) is 8.42 Å². The molecular formula is C21H24N3O2S+. The molecule has 0 unspecified atom stereocenters. The first-order valence-corrected chi connectivity index (χ1v) is 10.6. The van der Waals surface area contributed by atoms with Crippen LogP contribution in [0.4, 0.5) is 5.82 Å². The predicted octanol–water partition coefficient (Wildman–Crippen LogP) is 2.78. The molecule has 1 N–H and O–H groups in total. The molecule has 2 heterocycles. The number of pyridine rings is 1. The highest BCUT2D eigenvalue weighted by Gasteiger charge is 2.32. The molecule has 4 rings (SSSR count). The third kappa shape index (κ3) is 3.42. The van der Waals surface area contributed by atoms with Crippen LogP contribution in [0.15, 0.2) is 59.5 Å². The van der Waals surface area contributed by atoms with Gasteiger partial charge in [-0.15, -0.1) is 0 Å². The Balaban J connectivity index is 1.53. The summed E-state index contributed by atoms with van der Waals surface area (Å²) < 4.78 is 27.8. The molecule has 0 amide bonds. The minimum Gasteiger partial charge on any atom is -0.259 e. The van der Waals surface area contributed by atoms with E-state index in [0.29, 0.717) is 31.1 Å². The van der Waals surface area contributed by atoms with Crippen molar-refractivity contribution in [3.8, 4) is 0 Å². The summed E-state index contributed by atoms with van der Waals surface area (Å²) in [5.41, 5.74) is 2.84. The number of anilines is 1. The van der Waals surface area contributed by atoms with Crippen LogP contribution in [0.1, 0.15) is 11.1 Å². The van der Waals surface area contributed by atoms with E-state index in [2.05, 4.69) is 34.1 Å². The van der Waals surface area contributed by atoms with Crippen molar-refractivity contribution in [3.05, 3.63) is 65.7 Å². The summed E-state index contributed by atoms with van der Waals surface area (Å²) in [6.45, 7) is 6.07. The zero-order valence-corrected chi connectivity index (χ0v) is 16.5. The van der Waals surface area contributed by atoms with Gasteiger partial charge in [-0.3, -0.25) is 4.90 Å². The fraction of sp³-hybridized carbons (Fsp3) is 0.286. The summed E-state index contributed by atoms with van der Waals surface area (Å²) in [6.07, 6.45) is 0. The number of hydrogen-bond donors (Lipinski definition) is 0. The number of para-hydroxylation sites is 1. The van der Waals surface area contributed by atoms with E-state index in [1.54, 1.807) is 10.4 Å². The van der Waals surface area contributed by atoms with Gasteiger partial charge in [0.2, 0.25) is 10.0 Å². The van der Waals surface area contributed by atoms with Crippen LogP contribution in [0.5, 0.6) is 0 Å². The Bertz CT molecular complexity index is 1090. The molecule has 1 aromatic heterocycles. The van der Waals surface area contributed by atoms with Crippen molar-refractivity contribution in [1.29, 1.82) is 0 Å². The van der Waals surface area contributed by atoms with Gasteiger partial charge in [-0.1, -0.05) is 30.3 Å². The summed E-state index contributed by atoms with van der Waals surface area (Å²) in [4.78, 5) is 6.09. The van der Waals surface area contributed by atoms with Gasteiger partial charge in [0, 0.05) is 11.5 Å². The van der Waals surface area contributed by atoms with Crippen LogP contribution in [-0.2, 0) is 10.0 Å². The number of nitrogens with zero attached hydrogens (tertiary/aromatic N) is 2. The monoisotopic (exact) mass is 382 g/mol. The van der Waals surface area contributed by atoms with Gasteiger partial charge in [-0.25, -0.2) is 13.4 Å². The Morgan fingerprint density at radius 1 is 0.889 bits per heavy atom. The molecule has 1 aliphatic heterocycles. The number of nitrogens with one attached hydrogen (secondary N) is 1. The molecule has 0 radical (unpaired) electrons. The molecule has 2 aromatic carbocycles. The molecule has 6 heteroatoms. The zero-order chi connectivity index (χ0) is 19.0. The lowest BCUT2D eigenvalue weighted by Gasteiger charge is -2.30. The third-order valence-electron chi connectivity index (χ3n) is 5.19. The number of aryl methyl sites for hydroxylation is 2. The quantitative estimate of drug-likeness (QED) is 0.700. The highest BCUT2D eigenvalue weighted by Crippen LogP contribution is 2.23. The lowest BCUT2D eigenvalue weighted by molar-refractivity contribution is -0.330. The molecule has 0 saturated carbocycles. The van der Waals surface area contributed by atoms with Gasteiger partial charge in [0.15, 0.2) is 0 Å². The second-order valence-electron chi connectivity index (χ2n) is 7.09. The van der Waals surface area contributed by atoms with Gasteiger partial charge in [-0.2, -0.15) is 4.31 Å². The number of fused-ring (bicyclic) bond motifs is 1. The van der Waals surface area contributed by atoms with Crippen LogP contribution < -0.4 is 9.88 Å².